The summed E-state index contributed by atoms with van der Waals surface area (Å²) in [5.74, 6) is 0.172. The fourth-order valence-corrected chi connectivity index (χ4v) is 2.89. The first-order valence-corrected chi connectivity index (χ1v) is 8.33. The van der Waals surface area contributed by atoms with Gasteiger partial charge >= 0.3 is 0 Å². The van der Waals surface area contributed by atoms with E-state index in [1.165, 1.54) is 11.3 Å². The predicted octanol–water partition coefficient (Wildman–Crippen LogP) is 1.93. The Hall–Kier alpha value is -2.64. The van der Waals surface area contributed by atoms with Crippen molar-refractivity contribution in [3.05, 3.63) is 65.4 Å². The zero-order valence-electron chi connectivity index (χ0n) is 12.8. The molecule has 0 saturated heterocycles. The molecule has 1 amide bonds. The summed E-state index contributed by atoms with van der Waals surface area (Å²) >= 11 is 1.31. The van der Waals surface area contributed by atoms with Gasteiger partial charge in [0.2, 0.25) is 0 Å². The quantitative estimate of drug-likeness (QED) is 0.716. The van der Waals surface area contributed by atoms with E-state index < -0.39 is 6.10 Å². The van der Waals surface area contributed by atoms with Crippen molar-refractivity contribution in [2.75, 3.05) is 6.54 Å². The van der Waals surface area contributed by atoms with Crippen molar-refractivity contribution < 1.29 is 9.90 Å². The van der Waals surface area contributed by atoms with Crippen LogP contribution < -0.4 is 5.32 Å². The SMILES string of the molecule is O=C(NCC(O)Cc1ccccc1)c1csc(-c2ncccn2)n1. The summed E-state index contributed by atoms with van der Waals surface area (Å²) in [4.78, 5) is 24.6. The number of hydrogen-bond acceptors (Lipinski definition) is 6. The van der Waals surface area contributed by atoms with Crippen molar-refractivity contribution >= 4 is 17.2 Å². The summed E-state index contributed by atoms with van der Waals surface area (Å²) in [5.41, 5.74) is 1.32. The highest BCUT2D eigenvalue weighted by Gasteiger charge is 2.14. The highest BCUT2D eigenvalue weighted by atomic mass is 32.1. The average Bonchev–Trinajstić information content (AvgIpc) is 3.11. The Labute approximate surface area is 143 Å². The molecule has 1 atom stereocenters. The van der Waals surface area contributed by atoms with E-state index in [2.05, 4.69) is 20.3 Å². The number of hydrogen-bond donors (Lipinski definition) is 2. The maximum atomic E-state index is 12.1. The molecule has 7 heteroatoms. The molecule has 3 aromatic rings. The Morgan fingerprint density at radius 1 is 1.17 bits per heavy atom. The predicted molar refractivity (Wildman–Crippen MR) is 91.6 cm³/mol. The molecule has 6 nitrogen and oxygen atoms in total. The lowest BCUT2D eigenvalue weighted by molar-refractivity contribution is 0.0912. The molecule has 1 unspecified atom stereocenters. The van der Waals surface area contributed by atoms with E-state index in [0.717, 1.165) is 5.56 Å². The van der Waals surface area contributed by atoms with Crippen LogP contribution in [0.3, 0.4) is 0 Å². The zero-order chi connectivity index (χ0) is 16.8. The fourth-order valence-electron chi connectivity index (χ4n) is 2.15. The molecule has 3 rings (SSSR count). The summed E-state index contributed by atoms with van der Waals surface area (Å²) in [6.45, 7) is 0.169. The highest BCUT2D eigenvalue weighted by Crippen LogP contribution is 2.19. The number of amides is 1. The third-order valence-electron chi connectivity index (χ3n) is 3.31. The molecule has 2 aromatic heterocycles. The summed E-state index contributed by atoms with van der Waals surface area (Å²) in [5, 5.41) is 15.0. The van der Waals surface area contributed by atoms with Crippen LogP contribution in [0.15, 0.2) is 54.2 Å². The van der Waals surface area contributed by atoms with Crippen molar-refractivity contribution in [2.45, 2.75) is 12.5 Å². The number of benzene rings is 1. The van der Waals surface area contributed by atoms with Gasteiger partial charge in [0.15, 0.2) is 10.8 Å². The largest absolute Gasteiger partial charge is 0.391 e. The van der Waals surface area contributed by atoms with Crippen LogP contribution in [0.2, 0.25) is 0 Å². The Bertz CT molecular complexity index is 793. The molecule has 0 fully saturated rings. The van der Waals surface area contributed by atoms with Crippen molar-refractivity contribution in [1.29, 1.82) is 0 Å². The first-order chi connectivity index (χ1) is 11.7. The molecule has 1 aromatic carbocycles. The number of rotatable bonds is 6. The molecular weight excluding hydrogens is 324 g/mol. The average molecular weight is 340 g/mol. The molecule has 0 spiro atoms. The smallest absolute Gasteiger partial charge is 0.270 e. The van der Waals surface area contributed by atoms with Gasteiger partial charge in [-0.15, -0.1) is 11.3 Å². The van der Waals surface area contributed by atoms with Gasteiger partial charge in [0.25, 0.3) is 5.91 Å². The Morgan fingerprint density at radius 3 is 2.67 bits per heavy atom. The second-order valence-corrected chi connectivity index (χ2v) is 6.02. The van der Waals surface area contributed by atoms with Crippen molar-refractivity contribution in [2.24, 2.45) is 0 Å². The highest BCUT2D eigenvalue weighted by molar-refractivity contribution is 7.13. The van der Waals surface area contributed by atoms with Crippen LogP contribution in [-0.4, -0.2) is 38.6 Å². The van der Waals surface area contributed by atoms with E-state index >= 15 is 0 Å². The number of nitrogens with one attached hydrogen (secondary N) is 1. The monoisotopic (exact) mass is 340 g/mol. The molecule has 0 aliphatic rings. The number of aromatic nitrogens is 3. The van der Waals surface area contributed by atoms with E-state index in [-0.39, 0.29) is 12.5 Å². The van der Waals surface area contributed by atoms with Crippen LogP contribution in [0.1, 0.15) is 16.1 Å². The second kappa shape index (κ2) is 7.76. The van der Waals surface area contributed by atoms with Gasteiger partial charge in [-0.2, -0.15) is 0 Å². The van der Waals surface area contributed by atoms with Crippen LogP contribution >= 0.6 is 11.3 Å². The van der Waals surface area contributed by atoms with Gasteiger partial charge in [-0.3, -0.25) is 4.79 Å². The number of nitrogens with zero attached hydrogens (tertiary/aromatic N) is 3. The first kappa shape index (κ1) is 16.2. The lowest BCUT2D eigenvalue weighted by Gasteiger charge is -2.11. The topological polar surface area (TPSA) is 88.0 Å². The molecule has 0 bridgehead atoms. The molecule has 0 aliphatic heterocycles. The number of thiazole rings is 1. The number of carbonyl (C=O) groups excluding carboxylic acids is 1. The van der Waals surface area contributed by atoms with Crippen LogP contribution in [0, 0.1) is 0 Å². The molecule has 0 saturated carbocycles. The molecule has 0 aliphatic carbocycles. The minimum atomic E-state index is -0.646. The van der Waals surface area contributed by atoms with Crippen LogP contribution in [-0.2, 0) is 6.42 Å². The van der Waals surface area contributed by atoms with E-state index in [1.807, 2.05) is 30.3 Å². The van der Waals surface area contributed by atoms with Gasteiger partial charge in [0, 0.05) is 30.7 Å². The lowest BCUT2D eigenvalue weighted by Crippen LogP contribution is -2.33. The van der Waals surface area contributed by atoms with E-state index in [0.29, 0.717) is 22.9 Å². The Morgan fingerprint density at radius 2 is 1.92 bits per heavy atom. The Kier molecular flexibility index (Phi) is 5.25. The molecule has 2 N–H and O–H groups in total. The minimum Gasteiger partial charge on any atom is -0.391 e. The number of aliphatic hydroxyl groups excluding tert-OH is 1. The fraction of sp³-hybridized carbons (Fsp3) is 0.176. The minimum absolute atomic E-state index is 0.169. The van der Waals surface area contributed by atoms with E-state index in [9.17, 15) is 9.90 Å². The molecular formula is C17H16N4O2S. The first-order valence-electron chi connectivity index (χ1n) is 7.45. The summed E-state index contributed by atoms with van der Waals surface area (Å²) in [6.07, 6.45) is 3.10. The number of aliphatic hydroxyl groups is 1. The van der Waals surface area contributed by atoms with Crippen LogP contribution in [0.25, 0.3) is 10.8 Å². The van der Waals surface area contributed by atoms with Crippen LogP contribution in [0.4, 0.5) is 0 Å². The molecule has 2 heterocycles. The van der Waals surface area contributed by atoms with Crippen molar-refractivity contribution in [3.8, 4) is 10.8 Å². The maximum absolute atomic E-state index is 12.1. The van der Waals surface area contributed by atoms with Gasteiger partial charge in [0.1, 0.15) is 5.69 Å². The summed E-state index contributed by atoms with van der Waals surface area (Å²) < 4.78 is 0. The Balaban J connectivity index is 1.55. The van der Waals surface area contributed by atoms with Crippen molar-refractivity contribution in [3.63, 3.8) is 0 Å². The maximum Gasteiger partial charge on any atom is 0.270 e. The van der Waals surface area contributed by atoms with Crippen molar-refractivity contribution in [1.82, 2.24) is 20.3 Å². The summed E-state index contributed by atoms with van der Waals surface area (Å²) in [6, 6.07) is 11.4. The molecule has 24 heavy (non-hydrogen) atoms. The molecule has 0 radical (unpaired) electrons. The van der Waals surface area contributed by atoms with Gasteiger partial charge in [0.05, 0.1) is 6.10 Å². The van der Waals surface area contributed by atoms with Gasteiger partial charge in [-0.05, 0) is 11.6 Å². The second-order valence-electron chi connectivity index (χ2n) is 5.16. The lowest BCUT2D eigenvalue weighted by atomic mass is 10.1. The standard InChI is InChI=1S/C17H16N4O2S/c22-13(9-12-5-2-1-3-6-12)10-20-16(23)14-11-24-17(21-14)15-18-7-4-8-19-15/h1-8,11,13,22H,9-10H2,(H,20,23). The van der Waals surface area contributed by atoms with E-state index in [1.54, 1.807) is 23.8 Å². The third kappa shape index (κ3) is 4.21. The van der Waals surface area contributed by atoms with E-state index in [4.69, 9.17) is 0 Å². The van der Waals surface area contributed by atoms with Gasteiger partial charge in [-0.25, -0.2) is 15.0 Å². The normalized spacial score (nSPS) is 11.9. The molecule has 122 valence electrons. The summed E-state index contributed by atoms with van der Waals surface area (Å²) in [7, 11) is 0. The van der Waals surface area contributed by atoms with Gasteiger partial charge < -0.3 is 10.4 Å². The van der Waals surface area contributed by atoms with Crippen LogP contribution in [0.5, 0.6) is 0 Å². The zero-order valence-corrected chi connectivity index (χ0v) is 13.6. The van der Waals surface area contributed by atoms with Gasteiger partial charge in [-0.1, -0.05) is 30.3 Å². The third-order valence-corrected chi connectivity index (χ3v) is 4.14. The number of carbonyl (C=O) groups is 1.